The van der Waals surface area contributed by atoms with E-state index in [0.717, 1.165) is 31.0 Å². The second kappa shape index (κ2) is 5.33. The molecule has 0 aromatic heterocycles. The molecule has 2 nitrogen and oxygen atoms in total. The number of ether oxygens (including phenoxy) is 2. The number of hydrogen-bond donors (Lipinski definition) is 0. The first-order valence-corrected chi connectivity index (χ1v) is 6.62. The zero-order chi connectivity index (χ0) is 11.5. The van der Waals surface area contributed by atoms with Crippen LogP contribution in [0.15, 0.2) is 11.6 Å². The lowest BCUT2D eigenvalue weighted by Crippen LogP contribution is -2.22. The first kappa shape index (κ1) is 12.1. The normalized spacial score (nSPS) is 37.2. The smallest absolute Gasteiger partial charge is 0.154 e. The van der Waals surface area contributed by atoms with Gasteiger partial charge in [-0.2, -0.15) is 0 Å². The quantitative estimate of drug-likeness (QED) is 0.526. The summed E-state index contributed by atoms with van der Waals surface area (Å²) in [6.45, 7) is 7.81. The van der Waals surface area contributed by atoms with Crippen molar-refractivity contribution in [2.75, 3.05) is 13.2 Å². The van der Waals surface area contributed by atoms with Crippen LogP contribution < -0.4 is 0 Å². The lowest BCUT2D eigenvalue weighted by molar-refractivity contribution is -0.137. The van der Waals surface area contributed by atoms with Gasteiger partial charge in [-0.05, 0) is 57.8 Å². The highest BCUT2D eigenvalue weighted by Gasteiger charge is 2.42. The van der Waals surface area contributed by atoms with Gasteiger partial charge in [-0.3, -0.25) is 0 Å². The van der Waals surface area contributed by atoms with Crippen LogP contribution in [-0.2, 0) is 9.47 Å². The van der Waals surface area contributed by atoms with Crippen LogP contribution >= 0.6 is 0 Å². The monoisotopic (exact) mass is 224 g/mol. The van der Waals surface area contributed by atoms with Gasteiger partial charge in [0, 0.05) is 6.61 Å². The summed E-state index contributed by atoms with van der Waals surface area (Å²) in [5.74, 6) is 2.52. The molecule has 16 heavy (non-hydrogen) atoms. The van der Waals surface area contributed by atoms with Crippen molar-refractivity contribution in [1.82, 2.24) is 0 Å². The molecule has 0 amide bonds. The Kier molecular flexibility index (Phi) is 4.04. The molecule has 2 saturated carbocycles. The van der Waals surface area contributed by atoms with Crippen LogP contribution in [0, 0.1) is 17.8 Å². The topological polar surface area (TPSA) is 18.5 Å². The van der Waals surface area contributed by atoms with Gasteiger partial charge in [-0.1, -0.05) is 11.6 Å². The maximum absolute atomic E-state index is 5.75. The number of fused-ring (bicyclic) bond motifs is 2. The molecule has 2 heteroatoms. The van der Waals surface area contributed by atoms with Crippen molar-refractivity contribution in [1.29, 1.82) is 0 Å². The highest BCUT2D eigenvalue weighted by molar-refractivity contribution is 5.17. The second-order valence-electron chi connectivity index (χ2n) is 5.11. The van der Waals surface area contributed by atoms with E-state index in [0.29, 0.717) is 0 Å². The molecule has 0 saturated heterocycles. The number of allylic oxidation sites excluding steroid dienone is 2. The lowest BCUT2D eigenvalue weighted by atomic mass is 9.86. The van der Waals surface area contributed by atoms with Gasteiger partial charge in [-0.15, -0.1) is 0 Å². The Balaban J connectivity index is 1.74. The van der Waals surface area contributed by atoms with Crippen LogP contribution in [0.5, 0.6) is 0 Å². The molecule has 0 spiro atoms. The number of rotatable bonds is 5. The molecule has 92 valence electrons. The Bertz CT molecular complexity index is 259. The maximum atomic E-state index is 5.75. The Labute approximate surface area is 99.0 Å². The average molecular weight is 224 g/mol. The van der Waals surface area contributed by atoms with Gasteiger partial charge < -0.3 is 9.47 Å². The third-order valence-electron chi connectivity index (χ3n) is 4.18. The third kappa shape index (κ3) is 2.49. The van der Waals surface area contributed by atoms with E-state index in [1.54, 1.807) is 5.57 Å². The van der Waals surface area contributed by atoms with Gasteiger partial charge >= 0.3 is 0 Å². The first-order valence-electron chi connectivity index (χ1n) is 6.62. The molecule has 2 aliphatic rings. The van der Waals surface area contributed by atoms with Crippen molar-refractivity contribution < 1.29 is 9.47 Å². The fourth-order valence-electron chi connectivity index (χ4n) is 3.33. The molecule has 2 unspecified atom stereocenters. The fraction of sp³-hybridized carbons (Fsp3) is 0.857. The van der Waals surface area contributed by atoms with Gasteiger partial charge in [0.25, 0.3) is 0 Å². The highest BCUT2D eigenvalue weighted by Crippen LogP contribution is 2.51. The number of hydrogen-bond acceptors (Lipinski definition) is 2. The summed E-state index contributed by atoms with van der Waals surface area (Å²) in [5, 5.41) is 0. The van der Waals surface area contributed by atoms with E-state index in [1.165, 1.54) is 19.3 Å². The standard InChI is InChI=1S/C14H24O2/c1-4-11-6-13-7-12(11)8-14(13)9-16-10(3)15-5-2/h4,10,12-14H,5-9H2,1-3H3/b11-4-/t10?,12-,13+,14?/m0/s1. The van der Waals surface area contributed by atoms with E-state index in [4.69, 9.17) is 9.47 Å². The minimum Gasteiger partial charge on any atom is -0.353 e. The maximum Gasteiger partial charge on any atom is 0.154 e. The van der Waals surface area contributed by atoms with Crippen LogP contribution in [0.1, 0.15) is 40.0 Å². The van der Waals surface area contributed by atoms with Gasteiger partial charge in [0.1, 0.15) is 0 Å². The van der Waals surface area contributed by atoms with Crippen LogP contribution in [0.4, 0.5) is 0 Å². The summed E-state index contributed by atoms with van der Waals surface area (Å²) < 4.78 is 11.1. The van der Waals surface area contributed by atoms with Gasteiger partial charge in [-0.25, -0.2) is 0 Å². The molecular weight excluding hydrogens is 200 g/mol. The minimum absolute atomic E-state index is 0.0367. The van der Waals surface area contributed by atoms with E-state index in [-0.39, 0.29) is 6.29 Å². The van der Waals surface area contributed by atoms with E-state index >= 15 is 0 Å². The third-order valence-corrected chi connectivity index (χ3v) is 4.18. The molecule has 0 heterocycles. The van der Waals surface area contributed by atoms with E-state index < -0.39 is 0 Å². The molecule has 2 fully saturated rings. The second-order valence-corrected chi connectivity index (χ2v) is 5.11. The highest BCUT2D eigenvalue weighted by atomic mass is 16.7. The molecule has 0 N–H and O–H groups in total. The predicted molar refractivity (Wildman–Crippen MR) is 65.1 cm³/mol. The average Bonchev–Trinajstić information content (AvgIpc) is 2.85. The molecule has 2 aliphatic carbocycles. The molecule has 0 radical (unpaired) electrons. The SMILES string of the molecule is C/C=C1/C[C@@H]2C[C@H]1CC2COC(C)OCC. The molecule has 2 bridgehead atoms. The fourth-order valence-corrected chi connectivity index (χ4v) is 3.33. The molecule has 0 aromatic rings. The molecule has 0 aliphatic heterocycles. The van der Waals surface area contributed by atoms with Gasteiger partial charge in [0.2, 0.25) is 0 Å². The predicted octanol–water partition coefficient (Wildman–Crippen LogP) is 3.38. The summed E-state index contributed by atoms with van der Waals surface area (Å²) >= 11 is 0. The van der Waals surface area contributed by atoms with Crippen molar-refractivity contribution in [2.24, 2.45) is 17.8 Å². The van der Waals surface area contributed by atoms with Crippen LogP contribution in [0.3, 0.4) is 0 Å². The van der Waals surface area contributed by atoms with Crippen LogP contribution in [0.25, 0.3) is 0 Å². The molecule has 2 rings (SSSR count). The Morgan fingerprint density at radius 1 is 1.38 bits per heavy atom. The summed E-state index contributed by atoms with van der Waals surface area (Å²) in [6.07, 6.45) is 6.34. The van der Waals surface area contributed by atoms with Gasteiger partial charge in [0.05, 0.1) is 6.61 Å². The van der Waals surface area contributed by atoms with E-state index in [1.807, 2.05) is 13.8 Å². The van der Waals surface area contributed by atoms with Crippen molar-refractivity contribution in [2.45, 2.75) is 46.3 Å². The zero-order valence-corrected chi connectivity index (χ0v) is 10.7. The van der Waals surface area contributed by atoms with E-state index in [9.17, 15) is 0 Å². The molecular formula is C14H24O2. The first-order chi connectivity index (χ1) is 7.74. The van der Waals surface area contributed by atoms with Crippen molar-refractivity contribution >= 4 is 0 Å². The largest absolute Gasteiger partial charge is 0.353 e. The summed E-state index contributed by atoms with van der Waals surface area (Å²) in [6, 6.07) is 0. The Morgan fingerprint density at radius 2 is 2.19 bits per heavy atom. The summed E-state index contributed by atoms with van der Waals surface area (Å²) in [5.41, 5.74) is 1.69. The summed E-state index contributed by atoms with van der Waals surface area (Å²) in [4.78, 5) is 0. The lowest BCUT2D eigenvalue weighted by Gasteiger charge is -2.24. The van der Waals surface area contributed by atoms with Crippen LogP contribution in [0.2, 0.25) is 0 Å². The molecule has 0 aromatic carbocycles. The zero-order valence-electron chi connectivity index (χ0n) is 10.7. The molecule has 4 atom stereocenters. The Morgan fingerprint density at radius 3 is 2.75 bits per heavy atom. The summed E-state index contributed by atoms with van der Waals surface area (Å²) in [7, 11) is 0. The van der Waals surface area contributed by atoms with Crippen LogP contribution in [-0.4, -0.2) is 19.5 Å². The Hall–Kier alpha value is -0.340. The van der Waals surface area contributed by atoms with E-state index in [2.05, 4.69) is 13.0 Å². The van der Waals surface area contributed by atoms with Crippen molar-refractivity contribution in [3.63, 3.8) is 0 Å². The minimum atomic E-state index is -0.0367. The van der Waals surface area contributed by atoms with Crippen molar-refractivity contribution in [3.05, 3.63) is 11.6 Å². The van der Waals surface area contributed by atoms with Gasteiger partial charge in [0.15, 0.2) is 6.29 Å². The van der Waals surface area contributed by atoms with Crippen molar-refractivity contribution in [3.8, 4) is 0 Å².